The fourth-order valence-electron chi connectivity index (χ4n) is 2.42. The topological polar surface area (TPSA) is 133 Å². The second kappa shape index (κ2) is 9.09. The summed E-state index contributed by atoms with van der Waals surface area (Å²) in [5, 5.41) is 2.53. The van der Waals surface area contributed by atoms with Gasteiger partial charge >= 0.3 is 5.97 Å². The Kier molecular flexibility index (Phi) is 7.00. The van der Waals surface area contributed by atoms with E-state index in [-0.39, 0.29) is 22.0 Å². The van der Waals surface area contributed by atoms with Crippen LogP contribution in [-0.4, -0.2) is 52.1 Å². The minimum absolute atomic E-state index is 0.00872. The molecular weight excluding hydrogens is 414 g/mol. The molecule has 0 aliphatic rings. The number of benzene rings is 1. The summed E-state index contributed by atoms with van der Waals surface area (Å²) in [6.07, 6.45) is 1.28. The Hall–Kier alpha value is -3.18. The van der Waals surface area contributed by atoms with Gasteiger partial charge in [-0.3, -0.25) is 4.79 Å². The number of carbonyl (C=O) groups excluding carboxylic acids is 2. The number of anilines is 1. The Balaban J connectivity index is 2.21. The van der Waals surface area contributed by atoms with E-state index in [1.807, 2.05) is 0 Å². The molecule has 10 nitrogen and oxygen atoms in total. The molecule has 0 radical (unpaired) electrons. The maximum atomic E-state index is 12.7. The molecule has 0 aliphatic heterocycles. The summed E-state index contributed by atoms with van der Waals surface area (Å²) in [7, 11) is 0.0104. The van der Waals surface area contributed by atoms with Gasteiger partial charge in [-0.15, -0.1) is 0 Å². The summed E-state index contributed by atoms with van der Waals surface area (Å²) >= 11 is 0. The van der Waals surface area contributed by atoms with Crippen LogP contribution in [0.1, 0.15) is 24.2 Å². The van der Waals surface area contributed by atoms with Gasteiger partial charge < -0.3 is 19.5 Å². The van der Waals surface area contributed by atoms with E-state index in [4.69, 9.17) is 9.47 Å². The van der Waals surface area contributed by atoms with Crippen molar-refractivity contribution in [1.29, 1.82) is 0 Å². The Morgan fingerprint density at radius 2 is 1.67 bits per heavy atom. The highest BCUT2D eigenvalue weighted by Crippen LogP contribution is 2.22. The lowest BCUT2D eigenvalue weighted by atomic mass is 10.1. The van der Waals surface area contributed by atoms with E-state index in [9.17, 15) is 18.0 Å². The van der Waals surface area contributed by atoms with E-state index < -0.39 is 27.4 Å². The Labute approximate surface area is 174 Å². The third-order valence-electron chi connectivity index (χ3n) is 4.03. The van der Waals surface area contributed by atoms with Crippen LogP contribution in [0.4, 0.5) is 5.69 Å². The minimum atomic E-state index is -3.99. The molecule has 0 unspecified atom stereocenters. The molecule has 2 N–H and O–H groups in total. The summed E-state index contributed by atoms with van der Waals surface area (Å²) in [4.78, 5) is 28.5. The number of aromatic nitrogens is 1. The van der Waals surface area contributed by atoms with Crippen LogP contribution in [0.5, 0.6) is 11.6 Å². The van der Waals surface area contributed by atoms with Gasteiger partial charge in [0.1, 0.15) is 16.9 Å². The normalized spacial score (nSPS) is 11.5. The first-order valence-electron chi connectivity index (χ1n) is 8.66. The number of esters is 1. The summed E-state index contributed by atoms with van der Waals surface area (Å²) < 4.78 is 42.3. The summed E-state index contributed by atoms with van der Waals surface area (Å²) in [5.41, 5.74) is -1.35. The van der Waals surface area contributed by atoms with Gasteiger partial charge in [-0.2, -0.15) is 4.72 Å². The maximum Gasteiger partial charge on any atom is 0.343 e. The molecule has 0 saturated heterocycles. The molecule has 2 rings (SSSR count). The lowest BCUT2D eigenvalue weighted by Crippen LogP contribution is -2.52. The summed E-state index contributed by atoms with van der Waals surface area (Å²) in [5.74, 6) is -0.837. The number of carbonyl (C=O) groups is 2. The first-order chi connectivity index (χ1) is 14.0. The van der Waals surface area contributed by atoms with E-state index in [1.165, 1.54) is 71.7 Å². The predicted molar refractivity (Wildman–Crippen MR) is 108 cm³/mol. The van der Waals surface area contributed by atoms with E-state index in [0.29, 0.717) is 5.75 Å². The van der Waals surface area contributed by atoms with Crippen LogP contribution in [0, 0.1) is 0 Å². The van der Waals surface area contributed by atoms with Crippen LogP contribution in [0.2, 0.25) is 0 Å². The lowest BCUT2D eigenvalue weighted by molar-refractivity contribution is -0.120. The van der Waals surface area contributed by atoms with Gasteiger partial charge in [0.15, 0.2) is 0 Å². The molecule has 0 spiro atoms. The van der Waals surface area contributed by atoms with Crippen LogP contribution < -0.4 is 19.5 Å². The highest BCUT2D eigenvalue weighted by atomic mass is 32.2. The van der Waals surface area contributed by atoms with Crippen molar-refractivity contribution in [3.8, 4) is 11.6 Å². The SMILES string of the molecule is COC(=O)c1cc(NC(=O)C(C)(C)NS(=O)(=O)c2ccc(OC)cc2)cnc1OC. The molecule has 30 heavy (non-hydrogen) atoms. The number of nitrogens with zero attached hydrogens (tertiary/aromatic N) is 1. The molecule has 2 aromatic rings. The van der Waals surface area contributed by atoms with Gasteiger partial charge in [0.2, 0.25) is 21.8 Å². The Morgan fingerprint density at radius 1 is 1.03 bits per heavy atom. The van der Waals surface area contributed by atoms with Crippen LogP contribution in [0.3, 0.4) is 0 Å². The van der Waals surface area contributed by atoms with E-state index in [2.05, 4.69) is 19.8 Å². The summed E-state index contributed by atoms with van der Waals surface area (Å²) in [6.45, 7) is 2.81. The fraction of sp³-hybridized carbons (Fsp3) is 0.316. The average Bonchev–Trinajstić information content (AvgIpc) is 2.72. The van der Waals surface area contributed by atoms with Gasteiger partial charge in [0.25, 0.3) is 0 Å². The first-order valence-corrected chi connectivity index (χ1v) is 10.1. The third-order valence-corrected chi connectivity index (χ3v) is 5.71. The minimum Gasteiger partial charge on any atom is -0.497 e. The van der Waals surface area contributed by atoms with Gasteiger partial charge in [-0.1, -0.05) is 0 Å². The summed E-state index contributed by atoms with van der Waals surface area (Å²) in [6, 6.07) is 7.05. The van der Waals surface area contributed by atoms with E-state index in [1.54, 1.807) is 0 Å². The second-order valence-electron chi connectivity index (χ2n) is 6.63. The first kappa shape index (κ1) is 23.1. The molecule has 1 amide bonds. The van der Waals surface area contributed by atoms with E-state index in [0.717, 1.165) is 0 Å². The molecule has 0 aliphatic carbocycles. The highest BCUT2D eigenvalue weighted by Gasteiger charge is 2.33. The maximum absolute atomic E-state index is 12.7. The number of rotatable bonds is 8. The van der Waals surface area contributed by atoms with Crippen LogP contribution in [0.25, 0.3) is 0 Å². The number of sulfonamides is 1. The van der Waals surface area contributed by atoms with Gasteiger partial charge in [0, 0.05) is 0 Å². The van der Waals surface area contributed by atoms with Crippen molar-refractivity contribution in [3.05, 3.63) is 42.1 Å². The fourth-order valence-corrected chi connectivity index (χ4v) is 3.80. The van der Waals surface area contributed by atoms with Crippen LogP contribution in [0.15, 0.2) is 41.4 Å². The van der Waals surface area contributed by atoms with Gasteiger partial charge in [-0.05, 0) is 44.2 Å². The van der Waals surface area contributed by atoms with Crippen molar-refractivity contribution in [2.24, 2.45) is 0 Å². The molecule has 0 fully saturated rings. The van der Waals surface area contributed by atoms with Crippen molar-refractivity contribution in [2.45, 2.75) is 24.3 Å². The molecule has 1 aromatic carbocycles. The number of ether oxygens (including phenoxy) is 3. The predicted octanol–water partition coefficient (Wildman–Crippen LogP) is 1.58. The number of pyridine rings is 1. The monoisotopic (exact) mass is 437 g/mol. The average molecular weight is 437 g/mol. The standard InChI is InChI=1S/C19H23N3O7S/c1-19(2,22-30(25,26)14-8-6-13(27-3)7-9-14)18(24)21-12-10-15(17(23)29-5)16(28-4)20-11-12/h6-11,22H,1-5H3,(H,21,24). The van der Waals surface area contributed by atoms with Crippen molar-refractivity contribution in [1.82, 2.24) is 9.71 Å². The van der Waals surface area contributed by atoms with Crippen molar-refractivity contribution >= 4 is 27.6 Å². The Morgan fingerprint density at radius 3 is 2.20 bits per heavy atom. The lowest BCUT2D eigenvalue weighted by Gasteiger charge is -2.25. The molecule has 1 aromatic heterocycles. The quantitative estimate of drug-likeness (QED) is 0.595. The van der Waals surface area contributed by atoms with Crippen LogP contribution >= 0.6 is 0 Å². The zero-order valence-electron chi connectivity index (χ0n) is 17.2. The second-order valence-corrected chi connectivity index (χ2v) is 8.31. The molecule has 162 valence electrons. The zero-order valence-corrected chi connectivity index (χ0v) is 18.0. The number of amides is 1. The van der Waals surface area contributed by atoms with Crippen LogP contribution in [-0.2, 0) is 19.6 Å². The zero-order chi connectivity index (χ0) is 22.5. The smallest absolute Gasteiger partial charge is 0.343 e. The molecule has 11 heteroatoms. The number of hydrogen-bond donors (Lipinski definition) is 2. The molecule has 0 bridgehead atoms. The highest BCUT2D eigenvalue weighted by molar-refractivity contribution is 7.89. The van der Waals surface area contributed by atoms with Gasteiger partial charge in [-0.25, -0.2) is 18.2 Å². The third kappa shape index (κ3) is 5.24. The number of hydrogen-bond acceptors (Lipinski definition) is 8. The van der Waals surface area contributed by atoms with Crippen molar-refractivity contribution < 1.29 is 32.2 Å². The largest absolute Gasteiger partial charge is 0.497 e. The van der Waals surface area contributed by atoms with Gasteiger partial charge in [0.05, 0.1) is 38.1 Å². The molecule has 1 heterocycles. The molecule has 0 saturated carbocycles. The van der Waals surface area contributed by atoms with Crippen molar-refractivity contribution in [3.63, 3.8) is 0 Å². The number of nitrogens with one attached hydrogen (secondary N) is 2. The molecule has 0 atom stereocenters. The number of methoxy groups -OCH3 is 3. The van der Waals surface area contributed by atoms with Crippen molar-refractivity contribution in [2.75, 3.05) is 26.6 Å². The molecular formula is C19H23N3O7S. The van der Waals surface area contributed by atoms with E-state index >= 15 is 0 Å². The Bertz CT molecular complexity index is 1030.